The van der Waals surface area contributed by atoms with E-state index < -0.39 is 32.5 Å². The standard InChI is InChI=1S/C60H102NO8P/c1-6-8-10-12-14-16-18-20-22-24-26-27-28-29-30-31-32-33-35-37-39-41-43-45-47-49-51-53-60(63)69-58(57-68-70(64,65)67-55-54-61(3,4)5)56-66-59(62)52-50-48-46-44-42-40-38-36-34-25-23-21-19-17-15-13-11-9-7-2/h8,10,14-17,20-23,26-27,29-30,32-33,37,39,58H,6-7,9,11-13,18-19,24-25,28,31,34-36,38,40-57H2,1-5H3/b10-8-,16-14-,17-15-,22-20-,23-21-,27-26-,30-29-,33-32-,39-37-. The third kappa shape index (κ3) is 54.0. The molecule has 2 unspecified atom stereocenters. The van der Waals surface area contributed by atoms with E-state index in [9.17, 15) is 19.0 Å². The van der Waals surface area contributed by atoms with Gasteiger partial charge in [0.15, 0.2) is 6.10 Å². The lowest BCUT2D eigenvalue weighted by Crippen LogP contribution is -2.37. The van der Waals surface area contributed by atoms with Crippen LogP contribution >= 0.6 is 7.82 Å². The number of nitrogens with zero attached hydrogens (tertiary/aromatic N) is 1. The lowest BCUT2D eigenvalue weighted by molar-refractivity contribution is -0.870. The first-order valence-electron chi connectivity index (χ1n) is 27.6. The van der Waals surface area contributed by atoms with Crippen LogP contribution in [0.15, 0.2) is 109 Å². The minimum Gasteiger partial charge on any atom is -0.756 e. The van der Waals surface area contributed by atoms with E-state index in [4.69, 9.17) is 18.5 Å². The van der Waals surface area contributed by atoms with Gasteiger partial charge in [0, 0.05) is 12.8 Å². The summed E-state index contributed by atoms with van der Waals surface area (Å²) in [6.45, 7) is 4.06. The zero-order valence-electron chi connectivity index (χ0n) is 45.2. The molecule has 0 heterocycles. The largest absolute Gasteiger partial charge is 0.756 e. The van der Waals surface area contributed by atoms with Crippen LogP contribution in [-0.2, 0) is 32.7 Å². The van der Waals surface area contributed by atoms with Gasteiger partial charge in [0.25, 0.3) is 7.82 Å². The van der Waals surface area contributed by atoms with Crippen molar-refractivity contribution in [3.05, 3.63) is 109 Å². The Labute approximate surface area is 429 Å². The second-order valence-corrected chi connectivity index (χ2v) is 20.6. The Balaban J connectivity index is 4.30. The molecule has 9 nitrogen and oxygen atoms in total. The maximum atomic E-state index is 12.8. The van der Waals surface area contributed by atoms with Gasteiger partial charge in [0.2, 0.25) is 0 Å². The number of hydrogen-bond acceptors (Lipinski definition) is 8. The van der Waals surface area contributed by atoms with Crippen molar-refractivity contribution < 1.29 is 42.1 Å². The van der Waals surface area contributed by atoms with Crippen LogP contribution in [0.3, 0.4) is 0 Å². The van der Waals surface area contributed by atoms with Crippen molar-refractivity contribution in [2.45, 2.75) is 213 Å². The molecule has 0 N–H and O–H groups in total. The molecule has 0 aliphatic heterocycles. The van der Waals surface area contributed by atoms with Gasteiger partial charge in [-0.05, 0) is 103 Å². The predicted octanol–water partition coefficient (Wildman–Crippen LogP) is 16.4. The van der Waals surface area contributed by atoms with Gasteiger partial charge in [0.05, 0.1) is 27.7 Å². The second kappa shape index (κ2) is 50.6. The van der Waals surface area contributed by atoms with E-state index in [1.807, 2.05) is 21.1 Å². The fourth-order valence-electron chi connectivity index (χ4n) is 7.02. The number of esters is 2. The first-order chi connectivity index (χ1) is 34.0. The Kier molecular flexibility index (Phi) is 48.2. The number of carbonyl (C=O) groups excluding carboxylic acids is 2. The molecule has 0 amide bonds. The lowest BCUT2D eigenvalue weighted by Gasteiger charge is -2.28. The first-order valence-corrected chi connectivity index (χ1v) is 29.1. The van der Waals surface area contributed by atoms with Gasteiger partial charge in [0.1, 0.15) is 19.8 Å². The molecular weight excluding hydrogens is 894 g/mol. The Morgan fingerprint density at radius 3 is 1.21 bits per heavy atom. The number of unbranched alkanes of at least 4 members (excludes halogenated alkanes) is 17. The molecule has 2 atom stereocenters. The van der Waals surface area contributed by atoms with Crippen LogP contribution in [0.5, 0.6) is 0 Å². The highest BCUT2D eigenvalue weighted by Crippen LogP contribution is 2.38. The normalized spacial score (nSPS) is 14.2. The third-order valence-electron chi connectivity index (χ3n) is 11.3. The van der Waals surface area contributed by atoms with Crippen molar-refractivity contribution in [1.82, 2.24) is 0 Å². The second-order valence-electron chi connectivity index (χ2n) is 19.2. The summed E-state index contributed by atoms with van der Waals surface area (Å²) in [7, 11) is 1.13. The van der Waals surface area contributed by atoms with E-state index in [1.165, 1.54) is 57.8 Å². The lowest BCUT2D eigenvalue weighted by atomic mass is 10.1. The minimum absolute atomic E-state index is 0.0418. The quantitative estimate of drug-likeness (QED) is 0.0195. The molecule has 70 heavy (non-hydrogen) atoms. The number of quaternary nitrogens is 1. The van der Waals surface area contributed by atoms with Gasteiger partial charge in [-0.15, -0.1) is 0 Å². The summed E-state index contributed by atoms with van der Waals surface area (Å²) in [5.41, 5.74) is 0. The SMILES string of the molecule is CC/C=C\C/C=C\C/C=C\C/C=C\C/C=C\C/C=C\C/C=C\CCCCCCCC(=O)OC(COC(=O)CCCCCCCCCCC/C=C\C/C=C\CCCCC)COP(=O)([O-])OCC[N+](C)(C)C. The Hall–Kier alpha value is -3.33. The van der Waals surface area contributed by atoms with E-state index in [1.54, 1.807) is 0 Å². The highest BCUT2D eigenvalue weighted by molar-refractivity contribution is 7.45. The highest BCUT2D eigenvalue weighted by Gasteiger charge is 2.21. The third-order valence-corrected chi connectivity index (χ3v) is 12.2. The zero-order chi connectivity index (χ0) is 51.3. The van der Waals surface area contributed by atoms with Crippen LogP contribution in [0.4, 0.5) is 0 Å². The molecule has 0 spiro atoms. The number of hydrogen-bond donors (Lipinski definition) is 0. The van der Waals surface area contributed by atoms with Gasteiger partial charge >= 0.3 is 11.9 Å². The number of phosphoric ester groups is 1. The molecule has 400 valence electrons. The molecule has 0 aromatic carbocycles. The first kappa shape index (κ1) is 66.7. The molecule has 0 aromatic heterocycles. The van der Waals surface area contributed by atoms with Crippen molar-refractivity contribution in [1.29, 1.82) is 0 Å². The molecule has 0 radical (unpaired) electrons. The van der Waals surface area contributed by atoms with E-state index in [2.05, 4.69) is 123 Å². The average molecular weight is 996 g/mol. The number of ether oxygens (including phenoxy) is 2. The molecule has 10 heteroatoms. The molecule has 0 saturated heterocycles. The Morgan fingerprint density at radius 1 is 0.457 bits per heavy atom. The van der Waals surface area contributed by atoms with E-state index >= 15 is 0 Å². The van der Waals surface area contributed by atoms with Crippen LogP contribution in [-0.4, -0.2) is 70.0 Å². The van der Waals surface area contributed by atoms with Crippen LogP contribution in [0, 0.1) is 0 Å². The summed E-state index contributed by atoms with van der Waals surface area (Å²) in [5.74, 6) is -0.867. The van der Waals surface area contributed by atoms with Crippen molar-refractivity contribution in [2.75, 3.05) is 47.5 Å². The maximum absolute atomic E-state index is 12.8. The summed E-state index contributed by atoms with van der Waals surface area (Å²) in [5, 5.41) is 0. The van der Waals surface area contributed by atoms with Gasteiger partial charge in [-0.25, -0.2) is 0 Å². The molecule has 0 aliphatic rings. The molecule has 0 rings (SSSR count). The van der Waals surface area contributed by atoms with E-state index in [-0.39, 0.29) is 26.1 Å². The fourth-order valence-corrected chi connectivity index (χ4v) is 7.75. The highest BCUT2D eigenvalue weighted by atomic mass is 31.2. The summed E-state index contributed by atoms with van der Waals surface area (Å²) in [4.78, 5) is 37.8. The molecule has 0 aromatic rings. The van der Waals surface area contributed by atoms with Gasteiger partial charge < -0.3 is 27.9 Å². The number of phosphoric acid groups is 1. The van der Waals surface area contributed by atoms with Gasteiger partial charge in [-0.3, -0.25) is 14.2 Å². The average Bonchev–Trinajstić information content (AvgIpc) is 3.32. The number of carbonyl (C=O) groups is 2. The van der Waals surface area contributed by atoms with Crippen molar-refractivity contribution in [3.63, 3.8) is 0 Å². The summed E-state index contributed by atoms with van der Waals surface area (Å²) < 4.78 is 34.1. The maximum Gasteiger partial charge on any atom is 0.306 e. The van der Waals surface area contributed by atoms with Crippen LogP contribution in [0.1, 0.15) is 206 Å². The fraction of sp³-hybridized carbons (Fsp3) is 0.667. The van der Waals surface area contributed by atoms with Gasteiger partial charge in [-0.1, -0.05) is 200 Å². The number of likely N-dealkylation sites (N-methyl/N-ethyl adjacent to an activating group) is 1. The molecular formula is C60H102NO8P. The molecule has 0 aliphatic carbocycles. The smallest absolute Gasteiger partial charge is 0.306 e. The van der Waals surface area contributed by atoms with E-state index in [0.717, 1.165) is 116 Å². The summed E-state index contributed by atoms with van der Waals surface area (Å²) >= 11 is 0. The van der Waals surface area contributed by atoms with Crippen molar-refractivity contribution in [3.8, 4) is 0 Å². The van der Waals surface area contributed by atoms with Crippen LogP contribution < -0.4 is 4.89 Å². The Morgan fingerprint density at radius 2 is 0.814 bits per heavy atom. The predicted molar refractivity (Wildman–Crippen MR) is 295 cm³/mol. The molecule has 0 saturated carbocycles. The monoisotopic (exact) mass is 996 g/mol. The van der Waals surface area contributed by atoms with Crippen molar-refractivity contribution in [2.24, 2.45) is 0 Å². The molecule has 0 bridgehead atoms. The number of rotatable bonds is 49. The minimum atomic E-state index is -4.65. The number of allylic oxidation sites excluding steroid dienone is 18. The van der Waals surface area contributed by atoms with Crippen LogP contribution in [0.2, 0.25) is 0 Å². The van der Waals surface area contributed by atoms with E-state index in [0.29, 0.717) is 17.4 Å². The summed E-state index contributed by atoms with van der Waals surface area (Å²) in [6.07, 6.45) is 69.7. The van der Waals surface area contributed by atoms with Crippen LogP contribution in [0.25, 0.3) is 0 Å². The zero-order valence-corrected chi connectivity index (χ0v) is 46.1. The van der Waals surface area contributed by atoms with Gasteiger partial charge in [-0.2, -0.15) is 0 Å². The van der Waals surface area contributed by atoms with Crippen molar-refractivity contribution >= 4 is 19.8 Å². The molecule has 0 fully saturated rings. The summed E-state index contributed by atoms with van der Waals surface area (Å²) in [6, 6.07) is 0. The Bertz CT molecular complexity index is 1550. The topological polar surface area (TPSA) is 111 Å².